The minimum atomic E-state index is -0.678. The lowest BCUT2D eigenvalue weighted by Gasteiger charge is -2.10. The van der Waals surface area contributed by atoms with Crippen LogP contribution in [-0.4, -0.2) is 29.3 Å². The Morgan fingerprint density at radius 2 is 1.66 bits per heavy atom. The van der Waals surface area contributed by atoms with Gasteiger partial charge in [0.1, 0.15) is 0 Å². The lowest BCUT2D eigenvalue weighted by molar-refractivity contribution is -0.384. The molecule has 2 amide bonds. The smallest absolute Gasteiger partial charge is 0.306 e. The summed E-state index contributed by atoms with van der Waals surface area (Å²) in [4.78, 5) is 45.6. The van der Waals surface area contributed by atoms with Crippen LogP contribution in [0.5, 0.6) is 0 Å². The van der Waals surface area contributed by atoms with Crippen LogP contribution in [0.2, 0.25) is 0 Å². The summed E-state index contributed by atoms with van der Waals surface area (Å²) in [5.74, 6) is -1.59. The van der Waals surface area contributed by atoms with E-state index in [4.69, 9.17) is 4.74 Å². The minimum Gasteiger partial charge on any atom is -0.456 e. The molecule has 0 aliphatic carbocycles. The highest BCUT2D eigenvalue weighted by Gasteiger charge is 2.12. The number of carbonyl (C=O) groups is 3. The molecular weight excluding hydrogens is 378 g/mol. The number of carbonyl (C=O) groups excluding carboxylic acids is 3. The number of non-ortho nitro benzene ring substituents is 1. The van der Waals surface area contributed by atoms with Crippen molar-refractivity contribution in [3.05, 3.63) is 64.2 Å². The topological polar surface area (TPSA) is 128 Å². The number of rotatable bonds is 9. The Balaban J connectivity index is 1.71. The third kappa shape index (κ3) is 7.06. The summed E-state index contributed by atoms with van der Waals surface area (Å²) in [6, 6.07) is 12.6. The predicted octanol–water partition coefficient (Wildman–Crippen LogP) is 3.06. The zero-order valence-corrected chi connectivity index (χ0v) is 15.8. The van der Waals surface area contributed by atoms with Gasteiger partial charge >= 0.3 is 5.97 Å². The standard InChI is InChI=1S/C20H21N3O6/c1-2-14-5-3-4-6-17(14)22-19(25)13-29-20(26)12-11-18(24)21-15-7-9-16(10-8-15)23(27)28/h3-10H,2,11-13H2,1H3,(H,21,24)(H,22,25). The fourth-order valence-corrected chi connectivity index (χ4v) is 2.46. The highest BCUT2D eigenvalue weighted by molar-refractivity contribution is 5.94. The largest absolute Gasteiger partial charge is 0.456 e. The van der Waals surface area contributed by atoms with Crippen LogP contribution < -0.4 is 10.6 Å². The molecule has 2 rings (SSSR count). The molecule has 2 N–H and O–H groups in total. The van der Waals surface area contributed by atoms with Crippen LogP contribution in [0.15, 0.2) is 48.5 Å². The molecule has 9 nitrogen and oxygen atoms in total. The molecule has 0 fully saturated rings. The molecule has 0 unspecified atom stereocenters. The first-order valence-electron chi connectivity index (χ1n) is 8.96. The average Bonchev–Trinajstić information content (AvgIpc) is 2.71. The zero-order valence-electron chi connectivity index (χ0n) is 15.8. The molecule has 0 saturated carbocycles. The quantitative estimate of drug-likeness (QED) is 0.379. The Morgan fingerprint density at radius 3 is 2.31 bits per heavy atom. The number of ether oxygens (including phenoxy) is 1. The number of nitro groups is 1. The summed E-state index contributed by atoms with van der Waals surface area (Å²) in [7, 11) is 0. The Hall–Kier alpha value is -3.75. The molecule has 0 aliphatic rings. The summed E-state index contributed by atoms with van der Waals surface area (Å²) in [6.07, 6.45) is 0.411. The monoisotopic (exact) mass is 399 g/mol. The number of anilines is 2. The minimum absolute atomic E-state index is 0.0913. The summed E-state index contributed by atoms with van der Waals surface area (Å²) in [6.45, 7) is 1.52. The fraction of sp³-hybridized carbons (Fsp3) is 0.250. The van der Waals surface area contributed by atoms with Crippen molar-refractivity contribution in [3.63, 3.8) is 0 Å². The second-order valence-corrected chi connectivity index (χ2v) is 6.07. The van der Waals surface area contributed by atoms with Gasteiger partial charge in [-0.3, -0.25) is 24.5 Å². The third-order valence-electron chi connectivity index (χ3n) is 3.95. The van der Waals surface area contributed by atoms with Gasteiger partial charge in [-0.15, -0.1) is 0 Å². The van der Waals surface area contributed by atoms with Crippen molar-refractivity contribution in [2.24, 2.45) is 0 Å². The van der Waals surface area contributed by atoms with E-state index in [1.807, 2.05) is 19.1 Å². The third-order valence-corrected chi connectivity index (χ3v) is 3.95. The van der Waals surface area contributed by atoms with Gasteiger partial charge in [-0.2, -0.15) is 0 Å². The maximum atomic E-state index is 11.9. The van der Waals surface area contributed by atoms with Gasteiger partial charge in [0.15, 0.2) is 6.61 Å². The Labute approximate surface area is 167 Å². The van der Waals surface area contributed by atoms with E-state index < -0.39 is 29.3 Å². The molecule has 2 aromatic rings. The van der Waals surface area contributed by atoms with Crippen LogP contribution in [-0.2, 0) is 25.5 Å². The predicted molar refractivity (Wildman–Crippen MR) is 106 cm³/mol. The number of nitrogens with one attached hydrogen (secondary N) is 2. The van der Waals surface area contributed by atoms with Crippen LogP contribution in [0.3, 0.4) is 0 Å². The number of nitrogens with zero attached hydrogens (tertiary/aromatic N) is 1. The summed E-state index contributed by atoms with van der Waals surface area (Å²) >= 11 is 0. The van der Waals surface area contributed by atoms with E-state index in [9.17, 15) is 24.5 Å². The zero-order chi connectivity index (χ0) is 21.2. The van der Waals surface area contributed by atoms with Gasteiger partial charge in [-0.05, 0) is 30.2 Å². The summed E-state index contributed by atoms with van der Waals surface area (Å²) < 4.78 is 4.89. The van der Waals surface area contributed by atoms with Crippen molar-refractivity contribution in [1.82, 2.24) is 0 Å². The number of amides is 2. The van der Waals surface area contributed by atoms with E-state index in [1.54, 1.807) is 12.1 Å². The molecular formula is C20H21N3O6. The van der Waals surface area contributed by atoms with Gasteiger partial charge in [0, 0.05) is 29.9 Å². The van der Waals surface area contributed by atoms with Crippen LogP contribution in [0, 0.1) is 10.1 Å². The molecule has 0 saturated heterocycles. The lowest BCUT2D eigenvalue weighted by Crippen LogP contribution is -2.22. The number of esters is 1. The number of aryl methyl sites for hydroxylation is 1. The SMILES string of the molecule is CCc1ccccc1NC(=O)COC(=O)CCC(=O)Nc1ccc([N+](=O)[O-])cc1. The first-order chi connectivity index (χ1) is 13.9. The van der Waals surface area contributed by atoms with Gasteiger partial charge in [-0.1, -0.05) is 25.1 Å². The van der Waals surface area contributed by atoms with Crippen molar-refractivity contribution in [3.8, 4) is 0 Å². The molecule has 29 heavy (non-hydrogen) atoms. The van der Waals surface area contributed by atoms with E-state index >= 15 is 0 Å². The van der Waals surface area contributed by atoms with Crippen molar-refractivity contribution < 1.29 is 24.0 Å². The molecule has 0 atom stereocenters. The molecule has 2 aromatic carbocycles. The average molecular weight is 399 g/mol. The van der Waals surface area contributed by atoms with Gasteiger partial charge in [0.2, 0.25) is 5.91 Å². The van der Waals surface area contributed by atoms with Crippen molar-refractivity contribution in [2.45, 2.75) is 26.2 Å². The van der Waals surface area contributed by atoms with Crippen molar-refractivity contribution in [2.75, 3.05) is 17.2 Å². The van der Waals surface area contributed by atoms with E-state index in [-0.39, 0.29) is 18.5 Å². The van der Waals surface area contributed by atoms with E-state index in [0.29, 0.717) is 11.4 Å². The normalized spacial score (nSPS) is 10.1. The van der Waals surface area contributed by atoms with Crippen LogP contribution >= 0.6 is 0 Å². The molecule has 152 valence electrons. The number of benzene rings is 2. The Morgan fingerprint density at radius 1 is 0.966 bits per heavy atom. The second-order valence-electron chi connectivity index (χ2n) is 6.07. The molecule has 0 aliphatic heterocycles. The van der Waals surface area contributed by atoms with E-state index in [2.05, 4.69) is 10.6 Å². The fourth-order valence-electron chi connectivity index (χ4n) is 2.46. The van der Waals surface area contributed by atoms with Gasteiger partial charge in [-0.25, -0.2) is 0 Å². The highest BCUT2D eigenvalue weighted by Crippen LogP contribution is 2.16. The van der Waals surface area contributed by atoms with Crippen LogP contribution in [0.4, 0.5) is 17.1 Å². The van der Waals surface area contributed by atoms with Crippen LogP contribution in [0.1, 0.15) is 25.3 Å². The molecule has 9 heteroatoms. The molecule has 0 bridgehead atoms. The summed E-state index contributed by atoms with van der Waals surface area (Å²) in [5, 5.41) is 15.8. The van der Waals surface area contributed by atoms with Crippen molar-refractivity contribution in [1.29, 1.82) is 0 Å². The lowest BCUT2D eigenvalue weighted by atomic mass is 10.1. The molecule has 0 aromatic heterocycles. The second kappa shape index (κ2) is 10.5. The summed E-state index contributed by atoms with van der Waals surface area (Å²) in [5.41, 5.74) is 1.92. The molecule has 0 radical (unpaired) electrons. The molecule has 0 heterocycles. The number of hydrogen-bond acceptors (Lipinski definition) is 6. The van der Waals surface area contributed by atoms with Gasteiger partial charge in [0.05, 0.1) is 11.3 Å². The maximum Gasteiger partial charge on any atom is 0.306 e. The maximum absolute atomic E-state index is 11.9. The van der Waals surface area contributed by atoms with Crippen molar-refractivity contribution >= 4 is 34.8 Å². The Bertz CT molecular complexity index is 895. The first kappa shape index (κ1) is 21.5. The molecule has 0 spiro atoms. The van der Waals surface area contributed by atoms with E-state index in [0.717, 1.165) is 12.0 Å². The van der Waals surface area contributed by atoms with E-state index in [1.165, 1.54) is 24.3 Å². The number of nitro benzene ring substituents is 1. The highest BCUT2D eigenvalue weighted by atomic mass is 16.6. The number of hydrogen-bond donors (Lipinski definition) is 2. The Kier molecular flexibility index (Phi) is 7.84. The van der Waals surface area contributed by atoms with Gasteiger partial charge < -0.3 is 15.4 Å². The first-order valence-corrected chi connectivity index (χ1v) is 8.96. The van der Waals surface area contributed by atoms with Gasteiger partial charge in [0.25, 0.3) is 11.6 Å². The number of para-hydroxylation sites is 1. The van der Waals surface area contributed by atoms with Crippen LogP contribution in [0.25, 0.3) is 0 Å².